The number of aryl methyl sites for hydroxylation is 1. The van der Waals surface area contributed by atoms with Crippen LogP contribution in [0.15, 0.2) is 42.5 Å². The summed E-state index contributed by atoms with van der Waals surface area (Å²) in [6.45, 7) is 2.70. The number of amides is 2. The minimum atomic E-state index is -0.00904. The molecule has 0 spiro atoms. The highest BCUT2D eigenvalue weighted by molar-refractivity contribution is 5.81. The van der Waals surface area contributed by atoms with E-state index in [-0.39, 0.29) is 11.8 Å². The topological polar surface area (TPSA) is 85.7 Å². The van der Waals surface area contributed by atoms with E-state index in [4.69, 9.17) is 14.5 Å². The monoisotopic (exact) mass is 506 g/mol. The minimum absolute atomic E-state index is 0.00904. The zero-order valence-electron chi connectivity index (χ0n) is 22.0. The second-order valence-electron chi connectivity index (χ2n) is 9.57. The molecule has 1 aromatic heterocycles. The van der Waals surface area contributed by atoms with Crippen LogP contribution in [0.2, 0.25) is 0 Å². The summed E-state index contributed by atoms with van der Waals surface area (Å²) >= 11 is 0. The van der Waals surface area contributed by atoms with Crippen molar-refractivity contribution in [2.45, 2.75) is 57.9 Å². The number of carbonyl (C=O) groups excluding carboxylic acids is 2. The Hall–Kier alpha value is -3.55. The van der Waals surface area contributed by atoms with Crippen LogP contribution in [0.1, 0.15) is 49.9 Å². The van der Waals surface area contributed by atoms with Gasteiger partial charge in [-0.25, -0.2) is 4.98 Å². The lowest BCUT2D eigenvalue weighted by atomic mass is 10.1. The Kier molecular flexibility index (Phi) is 9.40. The molecule has 1 aliphatic heterocycles. The molecule has 3 aromatic rings. The van der Waals surface area contributed by atoms with Crippen molar-refractivity contribution < 1.29 is 19.1 Å². The molecule has 0 unspecified atom stereocenters. The number of imidazole rings is 1. The molecule has 4 rings (SSSR count). The largest absolute Gasteiger partial charge is 0.493 e. The average molecular weight is 507 g/mol. The number of unbranched alkanes of at least 4 members (excludes halogenated alkanes) is 2. The smallest absolute Gasteiger partial charge is 0.242 e. The number of carbonyl (C=O) groups is 2. The van der Waals surface area contributed by atoms with Crippen molar-refractivity contribution in [1.29, 1.82) is 0 Å². The number of hydrogen-bond acceptors (Lipinski definition) is 5. The number of nitrogens with zero attached hydrogens (tertiary/aromatic N) is 3. The predicted molar refractivity (Wildman–Crippen MR) is 144 cm³/mol. The van der Waals surface area contributed by atoms with Crippen LogP contribution in [0.5, 0.6) is 11.5 Å². The van der Waals surface area contributed by atoms with Crippen LogP contribution < -0.4 is 14.8 Å². The molecule has 0 bridgehead atoms. The summed E-state index contributed by atoms with van der Waals surface area (Å²) in [4.78, 5) is 32.2. The normalized spacial score (nSPS) is 13.5. The van der Waals surface area contributed by atoms with Gasteiger partial charge in [0.1, 0.15) is 12.4 Å². The molecule has 0 atom stereocenters. The Morgan fingerprint density at radius 3 is 2.51 bits per heavy atom. The van der Waals surface area contributed by atoms with Crippen LogP contribution in [-0.2, 0) is 29.0 Å². The van der Waals surface area contributed by atoms with Crippen LogP contribution in [0.4, 0.5) is 0 Å². The highest BCUT2D eigenvalue weighted by atomic mass is 16.5. The Labute approximate surface area is 219 Å². The maximum Gasteiger partial charge on any atom is 0.242 e. The summed E-state index contributed by atoms with van der Waals surface area (Å²) in [7, 11) is 3.18. The second kappa shape index (κ2) is 13.1. The van der Waals surface area contributed by atoms with Gasteiger partial charge in [-0.15, -0.1) is 0 Å². The van der Waals surface area contributed by atoms with Crippen molar-refractivity contribution in [3.8, 4) is 11.5 Å². The molecule has 1 N–H and O–H groups in total. The molecule has 2 amide bonds. The lowest BCUT2D eigenvalue weighted by Gasteiger charge is -2.27. The van der Waals surface area contributed by atoms with E-state index < -0.39 is 0 Å². The Balaban J connectivity index is 1.24. The highest BCUT2D eigenvalue weighted by Crippen LogP contribution is 2.27. The van der Waals surface area contributed by atoms with Gasteiger partial charge in [0, 0.05) is 26.1 Å². The van der Waals surface area contributed by atoms with E-state index in [1.165, 1.54) is 6.42 Å². The van der Waals surface area contributed by atoms with Gasteiger partial charge in [-0.1, -0.05) is 24.6 Å². The fraction of sp³-hybridized carbons (Fsp3) is 0.483. The van der Waals surface area contributed by atoms with E-state index in [1.54, 1.807) is 14.2 Å². The lowest BCUT2D eigenvalue weighted by molar-refractivity contribution is -0.132. The Morgan fingerprint density at radius 2 is 1.73 bits per heavy atom. The van der Waals surface area contributed by atoms with Gasteiger partial charge in [-0.05, 0) is 61.9 Å². The third-order valence-electron chi connectivity index (χ3n) is 6.95. The van der Waals surface area contributed by atoms with Crippen molar-refractivity contribution in [1.82, 2.24) is 19.8 Å². The predicted octanol–water partition coefficient (Wildman–Crippen LogP) is 4.14. The first-order valence-corrected chi connectivity index (χ1v) is 13.3. The van der Waals surface area contributed by atoms with E-state index in [9.17, 15) is 9.59 Å². The van der Waals surface area contributed by atoms with Crippen molar-refractivity contribution in [3.05, 3.63) is 53.9 Å². The summed E-state index contributed by atoms with van der Waals surface area (Å²) in [6.07, 6.45) is 7.32. The third-order valence-corrected chi connectivity index (χ3v) is 6.95. The maximum absolute atomic E-state index is 13.0. The Bertz CT molecular complexity index is 1200. The van der Waals surface area contributed by atoms with Crippen molar-refractivity contribution in [3.63, 3.8) is 0 Å². The molecule has 198 valence electrons. The molecule has 1 fully saturated rings. The average Bonchev–Trinajstić information content (AvgIpc) is 3.27. The standard InChI is InChI=1S/C29H38N4O4/c1-36-25-15-14-22(19-26(25)37-2)20-28(34)30-16-8-3-5-13-27-31-23-11-6-7-12-24(23)33(27)21-29(35)32-17-9-4-10-18-32/h6-7,11-12,14-15,19H,3-5,8-10,13,16-18,20-21H2,1-2H3,(H,30,34). The number of nitrogens with one attached hydrogen (secondary N) is 1. The highest BCUT2D eigenvalue weighted by Gasteiger charge is 2.19. The van der Waals surface area contributed by atoms with Crippen LogP contribution in [-0.4, -0.2) is 60.1 Å². The van der Waals surface area contributed by atoms with E-state index in [2.05, 4.69) is 9.88 Å². The molecule has 0 radical (unpaired) electrons. The summed E-state index contributed by atoms with van der Waals surface area (Å²) in [6, 6.07) is 13.6. The quantitative estimate of drug-likeness (QED) is 0.373. The summed E-state index contributed by atoms with van der Waals surface area (Å²) in [5.41, 5.74) is 2.84. The zero-order valence-corrected chi connectivity index (χ0v) is 22.0. The molecular weight excluding hydrogens is 468 g/mol. The number of benzene rings is 2. The van der Waals surface area contributed by atoms with Gasteiger partial charge in [-0.2, -0.15) is 0 Å². The second-order valence-corrected chi connectivity index (χ2v) is 9.57. The fourth-order valence-corrected chi connectivity index (χ4v) is 4.92. The molecule has 2 heterocycles. The number of hydrogen-bond donors (Lipinski definition) is 1. The van der Waals surface area contributed by atoms with Crippen LogP contribution >= 0.6 is 0 Å². The van der Waals surface area contributed by atoms with Gasteiger partial charge in [0.2, 0.25) is 11.8 Å². The number of piperidine rings is 1. The maximum atomic E-state index is 13.0. The molecule has 0 aliphatic carbocycles. The summed E-state index contributed by atoms with van der Waals surface area (Å²) in [5.74, 6) is 2.41. The summed E-state index contributed by atoms with van der Waals surface area (Å²) < 4.78 is 12.7. The van der Waals surface area contributed by atoms with E-state index in [0.717, 1.165) is 74.0 Å². The molecular formula is C29H38N4O4. The SMILES string of the molecule is COc1ccc(CC(=O)NCCCCCc2nc3ccccc3n2CC(=O)N2CCCCC2)cc1OC. The zero-order chi connectivity index (χ0) is 26.0. The molecule has 8 nitrogen and oxygen atoms in total. The van der Waals surface area contributed by atoms with E-state index in [1.807, 2.05) is 47.4 Å². The van der Waals surface area contributed by atoms with Gasteiger partial charge in [-0.3, -0.25) is 9.59 Å². The number of para-hydroxylation sites is 2. The molecule has 1 aliphatic rings. The van der Waals surface area contributed by atoms with Crippen molar-refractivity contribution in [2.24, 2.45) is 0 Å². The number of methoxy groups -OCH3 is 2. The first-order valence-electron chi connectivity index (χ1n) is 13.3. The molecule has 0 saturated carbocycles. The van der Waals surface area contributed by atoms with E-state index in [0.29, 0.717) is 31.0 Å². The fourth-order valence-electron chi connectivity index (χ4n) is 4.92. The van der Waals surface area contributed by atoms with Crippen LogP contribution in [0.25, 0.3) is 11.0 Å². The van der Waals surface area contributed by atoms with Gasteiger partial charge < -0.3 is 24.3 Å². The van der Waals surface area contributed by atoms with Gasteiger partial charge in [0.05, 0.1) is 31.7 Å². The van der Waals surface area contributed by atoms with Gasteiger partial charge >= 0.3 is 0 Å². The number of rotatable bonds is 12. The number of aromatic nitrogens is 2. The molecule has 37 heavy (non-hydrogen) atoms. The van der Waals surface area contributed by atoms with Crippen LogP contribution in [0, 0.1) is 0 Å². The number of ether oxygens (including phenoxy) is 2. The first-order chi connectivity index (χ1) is 18.1. The van der Waals surface area contributed by atoms with Crippen molar-refractivity contribution in [2.75, 3.05) is 33.9 Å². The minimum Gasteiger partial charge on any atom is -0.493 e. The summed E-state index contributed by atoms with van der Waals surface area (Å²) in [5, 5.41) is 3.01. The number of fused-ring (bicyclic) bond motifs is 1. The third kappa shape index (κ3) is 7.02. The van der Waals surface area contributed by atoms with Gasteiger partial charge in [0.25, 0.3) is 0 Å². The molecule has 8 heteroatoms. The molecule has 1 saturated heterocycles. The van der Waals surface area contributed by atoms with Crippen LogP contribution in [0.3, 0.4) is 0 Å². The lowest BCUT2D eigenvalue weighted by Crippen LogP contribution is -2.38. The van der Waals surface area contributed by atoms with E-state index >= 15 is 0 Å². The van der Waals surface area contributed by atoms with Gasteiger partial charge in [0.15, 0.2) is 11.5 Å². The van der Waals surface area contributed by atoms with Crippen molar-refractivity contribution >= 4 is 22.8 Å². The number of likely N-dealkylation sites (tertiary alicyclic amines) is 1. The first kappa shape index (κ1) is 26.5. The molecule has 2 aromatic carbocycles. The Morgan fingerprint density at radius 1 is 0.946 bits per heavy atom.